The summed E-state index contributed by atoms with van der Waals surface area (Å²) < 4.78 is 39.3. The SMILES string of the molecule is CC1CN(c2ccc(NC(=O)c3cc(-c4ccccc4F)on3)cc2F)CC(C)O1. The van der Waals surface area contributed by atoms with Gasteiger partial charge in [0.2, 0.25) is 0 Å². The van der Waals surface area contributed by atoms with E-state index < -0.39 is 17.5 Å². The van der Waals surface area contributed by atoms with Gasteiger partial charge in [0, 0.05) is 24.8 Å². The van der Waals surface area contributed by atoms with Crippen molar-refractivity contribution >= 4 is 17.3 Å². The van der Waals surface area contributed by atoms with E-state index in [0.29, 0.717) is 18.8 Å². The van der Waals surface area contributed by atoms with Gasteiger partial charge in [0.15, 0.2) is 11.5 Å². The summed E-state index contributed by atoms with van der Waals surface area (Å²) in [5.41, 5.74) is 0.909. The van der Waals surface area contributed by atoms with Crippen LogP contribution in [0.1, 0.15) is 24.3 Å². The Hall–Kier alpha value is -3.26. The maximum atomic E-state index is 14.7. The molecule has 30 heavy (non-hydrogen) atoms. The van der Waals surface area contributed by atoms with Gasteiger partial charge in [-0.25, -0.2) is 8.78 Å². The average Bonchev–Trinajstić information content (AvgIpc) is 3.18. The Balaban J connectivity index is 1.48. The molecule has 1 aliphatic heterocycles. The van der Waals surface area contributed by atoms with Crippen LogP contribution in [-0.4, -0.2) is 36.4 Å². The number of hydrogen-bond donors (Lipinski definition) is 1. The van der Waals surface area contributed by atoms with E-state index in [0.717, 1.165) is 0 Å². The Kier molecular flexibility index (Phi) is 5.50. The van der Waals surface area contributed by atoms with Gasteiger partial charge < -0.3 is 19.5 Å². The van der Waals surface area contributed by atoms with Crippen molar-refractivity contribution in [3.8, 4) is 11.3 Å². The molecule has 0 saturated carbocycles. The summed E-state index contributed by atoms with van der Waals surface area (Å²) in [6, 6.07) is 11.9. The quantitative estimate of drug-likeness (QED) is 0.683. The lowest BCUT2D eigenvalue weighted by Gasteiger charge is -2.37. The summed E-state index contributed by atoms with van der Waals surface area (Å²) in [5, 5.41) is 6.28. The molecular weight excluding hydrogens is 392 g/mol. The lowest BCUT2D eigenvalue weighted by atomic mass is 10.1. The lowest BCUT2D eigenvalue weighted by Crippen LogP contribution is -2.45. The van der Waals surface area contributed by atoms with Gasteiger partial charge in [0.05, 0.1) is 23.5 Å². The molecule has 4 rings (SSSR count). The molecule has 0 spiro atoms. The second-order valence-electron chi connectivity index (χ2n) is 7.34. The van der Waals surface area contributed by atoms with Gasteiger partial charge in [0.1, 0.15) is 11.6 Å². The number of benzene rings is 2. The first-order chi connectivity index (χ1) is 14.4. The minimum absolute atomic E-state index is 0.00309. The standard InChI is InChI=1S/C22H21F2N3O3/c1-13-11-27(12-14(2)29-13)20-8-7-15(9-18(20)24)25-22(28)19-10-21(30-26-19)16-5-3-4-6-17(16)23/h3-10,13-14H,11-12H2,1-2H3,(H,25,28). The van der Waals surface area contributed by atoms with Crippen LogP contribution in [0.4, 0.5) is 20.2 Å². The van der Waals surface area contributed by atoms with Crippen molar-refractivity contribution in [2.45, 2.75) is 26.1 Å². The number of hydrogen-bond acceptors (Lipinski definition) is 5. The molecule has 2 aromatic carbocycles. The van der Waals surface area contributed by atoms with Crippen molar-refractivity contribution < 1.29 is 22.8 Å². The number of aromatic nitrogens is 1. The van der Waals surface area contributed by atoms with Crippen LogP contribution in [0.2, 0.25) is 0 Å². The second-order valence-corrected chi connectivity index (χ2v) is 7.34. The Morgan fingerprint density at radius 2 is 1.80 bits per heavy atom. The topological polar surface area (TPSA) is 67.6 Å². The first-order valence-electron chi connectivity index (χ1n) is 9.63. The van der Waals surface area contributed by atoms with E-state index in [1.165, 1.54) is 24.3 Å². The van der Waals surface area contributed by atoms with Crippen LogP contribution in [0.15, 0.2) is 53.1 Å². The van der Waals surface area contributed by atoms with Gasteiger partial charge in [-0.15, -0.1) is 0 Å². The fourth-order valence-electron chi connectivity index (χ4n) is 3.58. The molecule has 3 aromatic rings. The van der Waals surface area contributed by atoms with Crippen molar-refractivity contribution in [2.75, 3.05) is 23.3 Å². The summed E-state index contributed by atoms with van der Waals surface area (Å²) in [6.45, 7) is 5.07. The van der Waals surface area contributed by atoms with Crippen LogP contribution in [0.5, 0.6) is 0 Å². The first-order valence-corrected chi connectivity index (χ1v) is 9.63. The van der Waals surface area contributed by atoms with Crippen molar-refractivity contribution in [1.29, 1.82) is 0 Å². The largest absolute Gasteiger partial charge is 0.372 e. The van der Waals surface area contributed by atoms with E-state index >= 15 is 0 Å². The fraction of sp³-hybridized carbons (Fsp3) is 0.273. The fourth-order valence-corrected chi connectivity index (χ4v) is 3.58. The minimum Gasteiger partial charge on any atom is -0.372 e. The molecule has 0 aliphatic carbocycles. The Morgan fingerprint density at radius 1 is 1.07 bits per heavy atom. The molecule has 2 unspecified atom stereocenters. The summed E-state index contributed by atoms with van der Waals surface area (Å²) in [6.07, 6.45) is 0.00619. The van der Waals surface area contributed by atoms with Gasteiger partial charge in [0.25, 0.3) is 5.91 Å². The molecule has 1 aliphatic rings. The van der Waals surface area contributed by atoms with Gasteiger partial charge >= 0.3 is 0 Å². The first kappa shape index (κ1) is 20.0. The summed E-state index contributed by atoms with van der Waals surface area (Å²) in [7, 11) is 0. The highest BCUT2D eigenvalue weighted by Gasteiger charge is 2.24. The van der Waals surface area contributed by atoms with Crippen molar-refractivity contribution in [3.05, 3.63) is 65.9 Å². The molecule has 0 radical (unpaired) electrons. The highest BCUT2D eigenvalue weighted by atomic mass is 19.1. The lowest BCUT2D eigenvalue weighted by molar-refractivity contribution is -0.00539. The van der Waals surface area contributed by atoms with Crippen LogP contribution in [0.25, 0.3) is 11.3 Å². The third-order valence-electron chi connectivity index (χ3n) is 4.85. The molecular formula is C22H21F2N3O3. The van der Waals surface area contributed by atoms with Crippen molar-refractivity contribution in [3.63, 3.8) is 0 Å². The molecule has 6 nitrogen and oxygen atoms in total. The number of anilines is 2. The number of carbonyl (C=O) groups excluding carboxylic acids is 1. The predicted molar refractivity (Wildman–Crippen MR) is 108 cm³/mol. The number of nitrogens with one attached hydrogen (secondary N) is 1. The van der Waals surface area contributed by atoms with Gasteiger partial charge in [-0.1, -0.05) is 17.3 Å². The highest BCUT2D eigenvalue weighted by Crippen LogP contribution is 2.27. The van der Waals surface area contributed by atoms with E-state index in [9.17, 15) is 13.6 Å². The molecule has 1 N–H and O–H groups in total. The normalized spacial score (nSPS) is 19.0. The zero-order chi connectivity index (χ0) is 21.3. The number of carbonyl (C=O) groups is 1. The van der Waals surface area contributed by atoms with E-state index in [2.05, 4.69) is 10.5 Å². The molecule has 0 bridgehead atoms. The van der Waals surface area contributed by atoms with Gasteiger partial charge in [-0.05, 0) is 44.2 Å². The Morgan fingerprint density at radius 3 is 2.50 bits per heavy atom. The van der Waals surface area contributed by atoms with E-state index in [-0.39, 0.29) is 34.9 Å². The number of rotatable bonds is 4. The van der Waals surface area contributed by atoms with Gasteiger partial charge in [-0.2, -0.15) is 0 Å². The molecule has 1 saturated heterocycles. The third-order valence-corrected chi connectivity index (χ3v) is 4.85. The van der Waals surface area contributed by atoms with Crippen LogP contribution in [-0.2, 0) is 4.74 Å². The Bertz CT molecular complexity index is 1060. The number of ether oxygens (including phenoxy) is 1. The summed E-state index contributed by atoms with van der Waals surface area (Å²) in [5.74, 6) is -1.37. The number of amides is 1. The molecule has 1 amide bonds. The monoisotopic (exact) mass is 413 g/mol. The van der Waals surface area contributed by atoms with Crippen LogP contribution in [0, 0.1) is 11.6 Å². The average molecular weight is 413 g/mol. The van der Waals surface area contributed by atoms with E-state index in [4.69, 9.17) is 9.26 Å². The number of morpholine rings is 1. The molecule has 8 heteroatoms. The molecule has 1 aromatic heterocycles. The molecule has 156 valence electrons. The number of halogens is 2. The zero-order valence-electron chi connectivity index (χ0n) is 16.6. The maximum absolute atomic E-state index is 14.7. The zero-order valence-corrected chi connectivity index (χ0v) is 16.6. The smallest absolute Gasteiger partial charge is 0.277 e. The van der Waals surface area contributed by atoms with E-state index in [1.54, 1.807) is 24.3 Å². The molecule has 2 heterocycles. The Labute approximate surface area is 172 Å². The van der Waals surface area contributed by atoms with Crippen LogP contribution < -0.4 is 10.2 Å². The highest BCUT2D eigenvalue weighted by molar-refractivity contribution is 6.03. The third kappa shape index (κ3) is 4.18. The maximum Gasteiger partial charge on any atom is 0.277 e. The molecule has 1 fully saturated rings. The predicted octanol–water partition coefficient (Wildman–Crippen LogP) is 4.49. The van der Waals surface area contributed by atoms with Crippen molar-refractivity contribution in [2.24, 2.45) is 0 Å². The minimum atomic E-state index is -0.581. The van der Waals surface area contributed by atoms with Crippen molar-refractivity contribution in [1.82, 2.24) is 5.16 Å². The second kappa shape index (κ2) is 8.23. The number of nitrogens with zero attached hydrogens (tertiary/aromatic N) is 2. The molecule has 2 atom stereocenters. The summed E-state index contributed by atoms with van der Waals surface area (Å²) >= 11 is 0. The van der Waals surface area contributed by atoms with E-state index in [1.807, 2.05) is 18.7 Å². The summed E-state index contributed by atoms with van der Waals surface area (Å²) in [4.78, 5) is 14.4. The van der Waals surface area contributed by atoms with Crippen LogP contribution >= 0.6 is 0 Å². The van der Waals surface area contributed by atoms with Crippen LogP contribution in [0.3, 0.4) is 0 Å². The van der Waals surface area contributed by atoms with Gasteiger partial charge in [-0.3, -0.25) is 4.79 Å².